The predicted octanol–water partition coefficient (Wildman–Crippen LogP) is -2.92. The molecule has 0 aromatic carbocycles. The van der Waals surface area contributed by atoms with E-state index in [0.717, 1.165) is 16.8 Å². The van der Waals surface area contributed by atoms with Crippen molar-refractivity contribution in [1.29, 1.82) is 0 Å². The van der Waals surface area contributed by atoms with Crippen LogP contribution in [0.2, 0.25) is 0 Å². The number of hydrogen-bond donors (Lipinski definition) is 9. The number of amides is 1. The lowest BCUT2D eigenvalue weighted by molar-refractivity contribution is -0.124. The smallest absolute Gasteiger partial charge is 0.388 e. The Morgan fingerprint density at radius 1 is 1.16 bits per heavy atom. The molecule has 1 fully saturated rings. The fourth-order valence-corrected chi connectivity index (χ4v) is 6.32. The zero-order valence-electron chi connectivity index (χ0n) is 19.3. The van der Waals surface area contributed by atoms with Crippen LogP contribution in [0.25, 0.3) is 0 Å². The minimum atomic E-state index is -5.80. The third-order valence-electron chi connectivity index (χ3n) is 4.93. The summed E-state index contributed by atoms with van der Waals surface area (Å²) in [5, 5.41) is 13.2. The van der Waals surface area contributed by atoms with E-state index in [1.54, 1.807) is 0 Å². The summed E-state index contributed by atoms with van der Waals surface area (Å²) >= 11 is 0. The van der Waals surface area contributed by atoms with E-state index in [-0.39, 0.29) is 6.42 Å². The number of phosphoric acid groups is 3. The van der Waals surface area contributed by atoms with Gasteiger partial charge in [-0.1, -0.05) is 6.42 Å². The number of unbranched alkanes of at least 4 members (excludes halogenated alkanes) is 1. The van der Waals surface area contributed by atoms with E-state index in [2.05, 4.69) is 18.5 Å². The number of carbonyl (C=O) groups is 1. The van der Waals surface area contributed by atoms with Gasteiger partial charge in [0.1, 0.15) is 18.2 Å². The number of carbonyl (C=O) groups excluding carboxylic acids is 1. The molecular formula is C15H28N5O15P3. The number of hydrogen-bond acceptors (Lipinski definition) is 13. The zero-order valence-corrected chi connectivity index (χ0v) is 22.0. The van der Waals surface area contributed by atoms with E-state index in [0.29, 0.717) is 19.4 Å². The van der Waals surface area contributed by atoms with Gasteiger partial charge in [0.25, 0.3) is 5.56 Å². The predicted molar refractivity (Wildman–Crippen MR) is 124 cm³/mol. The number of phosphoric ester groups is 1. The van der Waals surface area contributed by atoms with Crippen molar-refractivity contribution in [2.45, 2.75) is 49.8 Å². The molecule has 218 valence electrons. The van der Waals surface area contributed by atoms with Gasteiger partial charge in [0.05, 0.1) is 12.6 Å². The molecule has 0 saturated carbocycles. The van der Waals surface area contributed by atoms with Crippen molar-refractivity contribution < 1.29 is 61.1 Å². The third-order valence-corrected chi connectivity index (χ3v) is 8.73. The van der Waals surface area contributed by atoms with Gasteiger partial charge in [-0.25, -0.2) is 18.5 Å². The molecule has 1 aliphatic heterocycles. The van der Waals surface area contributed by atoms with Gasteiger partial charge in [0, 0.05) is 12.3 Å². The molecule has 3 unspecified atom stereocenters. The molecule has 0 spiro atoms. The number of nitrogens with two attached hydrogens (primary N) is 2. The number of nitrogens with one attached hydrogen (secondary N) is 2. The van der Waals surface area contributed by atoms with E-state index in [1.807, 2.05) is 4.98 Å². The number of ether oxygens (including phenoxy) is 1. The molecule has 1 aromatic heterocycles. The van der Waals surface area contributed by atoms with Crippen LogP contribution in [0.3, 0.4) is 0 Å². The minimum Gasteiger partial charge on any atom is -0.388 e. The van der Waals surface area contributed by atoms with Crippen LogP contribution in [0.15, 0.2) is 21.9 Å². The number of aromatic amines is 1. The first-order valence-electron chi connectivity index (χ1n) is 10.6. The second-order valence-corrected chi connectivity index (χ2v) is 12.3. The van der Waals surface area contributed by atoms with Crippen LogP contribution >= 0.6 is 23.5 Å². The molecular weight excluding hydrogens is 583 g/mol. The van der Waals surface area contributed by atoms with Gasteiger partial charge in [-0.15, -0.1) is 0 Å². The van der Waals surface area contributed by atoms with Gasteiger partial charge in [0.15, 0.2) is 6.23 Å². The number of aliphatic hydroxyl groups is 1. The van der Waals surface area contributed by atoms with Crippen molar-refractivity contribution >= 4 is 29.4 Å². The van der Waals surface area contributed by atoms with Gasteiger partial charge in [-0.2, -0.15) is 8.62 Å². The van der Waals surface area contributed by atoms with Gasteiger partial charge < -0.3 is 46.2 Å². The van der Waals surface area contributed by atoms with Crippen molar-refractivity contribution in [3.63, 3.8) is 0 Å². The number of rotatable bonds is 14. The maximum absolute atomic E-state index is 12.6. The molecule has 1 aromatic rings. The second-order valence-electron chi connectivity index (χ2n) is 7.89. The Kier molecular flexibility index (Phi) is 11.3. The summed E-state index contributed by atoms with van der Waals surface area (Å²) in [6, 6.07) is -1.54. The number of aliphatic hydroxyl groups excluding tert-OH is 1. The molecule has 2 heterocycles. The summed E-state index contributed by atoms with van der Waals surface area (Å²) in [5.74, 6) is -0.759. The molecule has 0 radical (unpaired) electrons. The van der Waals surface area contributed by atoms with Gasteiger partial charge in [-0.3, -0.25) is 23.7 Å². The van der Waals surface area contributed by atoms with Crippen LogP contribution in [0.1, 0.15) is 25.5 Å². The Bertz CT molecular complexity index is 1230. The summed E-state index contributed by atoms with van der Waals surface area (Å²) in [7, 11) is -17.0. The average Bonchev–Trinajstić information content (AvgIpc) is 3.05. The molecule has 2 rings (SSSR count). The van der Waals surface area contributed by atoms with Crippen LogP contribution in [0, 0.1) is 0 Å². The quantitative estimate of drug-likeness (QED) is 0.0751. The molecule has 1 saturated heterocycles. The highest BCUT2D eigenvalue weighted by Gasteiger charge is 2.48. The fraction of sp³-hybridized carbons (Fsp3) is 0.667. The Labute approximate surface area is 213 Å². The SMILES string of the molecule is NCCCCC(N)C(=O)N[C@@H]1[C@H](O)[C@@H](COP(=O)(O)OP(=O)(O)OP(=O)(O)O)O[C@H]1n1ccc(=O)[nH]c1=O. The highest BCUT2D eigenvalue weighted by molar-refractivity contribution is 7.66. The van der Waals surface area contributed by atoms with E-state index >= 15 is 0 Å². The Hall–Kier alpha value is -1.60. The van der Waals surface area contributed by atoms with Gasteiger partial charge in [0.2, 0.25) is 5.91 Å². The fourth-order valence-electron chi connectivity index (χ4n) is 3.29. The van der Waals surface area contributed by atoms with Crippen LogP contribution in [-0.4, -0.2) is 77.6 Å². The first kappa shape index (κ1) is 32.6. The zero-order chi connectivity index (χ0) is 28.9. The molecule has 0 bridgehead atoms. The van der Waals surface area contributed by atoms with E-state index in [4.69, 9.17) is 26.0 Å². The van der Waals surface area contributed by atoms with E-state index in [1.165, 1.54) is 0 Å². The maximum Gasteiger partial charge on any atom is 0.490 e. The molecule has 20 nitrogen and oxygen atoms in total. The number of H-pyrrole nitrogens is 1. The highest BCUT2D eigenvalue weighted by atomic mass is 31.3. The molecule has 7 atom stereocenters. The number of aromatic nitrogens is 2. The lowest BCUT2D eigenvalue weighted by Gasteiger charge is -2.24. The van der Waals surface area contributed by atoms with Crippen LogP contribution in [0.5, 0.6) is 0 Å². The summed E-state index contributed by atoms with van der Waals surface area (Å²) in [5.41, 5.74) is 9.48. The first-order chi connectivity index (χ1) is 17.4. The molecule has 11 N–H and O–H groups in total. The summed E-state index contributed by atoms with van der Waals surface area (Å²) < 4.78 is 52.2. The van der Waals surface area contributed by atoms with Crippen molar-refractivity contribution in [2.24, 2.45) is 11.5 Å². The first-order valence-corrected chi connectivity index (χ1v) is 15.2. The highest BCUT2D eigenvalue weighted by Crippen LogP contribution is 2.66. The van der Waals surface area contributed by atoms with Gasteiger partial charge in [-0.05, 0) is 19.4 Å². The van der Waals surface area contributed by atoms with Crippen molar-refractivity contribution in [3.05, 3.63) is 33.1 Å². The molecule has 0 aliphatic carbocycles. The Morgan fingerprint density at radius 2 is 1.82 bits per heavy atom. The second kappa shape index (κ2) is 13.2. The Balaban J connectivity index is 2.21. The molecule has 1 amide bonds. The number of nitrogens with zero attached hydrogens (tertiary/aromatic N) is 1. The van der Waals surface area contributed by atoms with Crippen molar-refractivity contribution in [1.82, 2.24) is 14.9 Å². The van der Waals surface area contributed by atoms with Crippen LogP contribution in [0.4, 0.5) is 0 Å². The van der Waals surface area contributed by atoms with Crippen LogP contribution in [-0.2, 0) is 36.4 Å². The van der Waals surface area contributed by atoms with Gasteiger partial charge >= 0.3 is 29.2 Å². The lowest BCUT2D eigenvalue weighted by atomic mass is 10.1. The van der Waals surface area contributed by atoms with E-state index in [9.17, 15) is 43.0 Å². The van der Waals surface area contributed by atoms with Crippen molar-refractivity contribution in [3.8, 4) is 0 Å². The largest absolute Gasteiger partial charge is 0.490 e. The van der Waals surface area contributed by atoms with Crippen molar-refractivity contribution in [2.75, 3.05) is 13.2 Å². The summed E-state index contributed by atoms with van der Waals surface area (Å²) in [4.78, 5) is 74.3. The minimum absolute atomic E-state index is 0.228. The Morgan fingerprint density at radius 3 is 2.39 bits per heavy atom. The lowest BCUT2D eigenvalue weighted by Crippen LogP contribution is -2.52. The van der Waals surface area contributed by atoms with E-state index < -0.39 is 77.8 Å². The molecule has 38 heavy (non-hydrogen) atoms. The average molecular weight is 611 g/mol. The normalized spacial score (nSPS) is 25.9. The third kappa shape index (κ3) is 9.86. The molecule has 1 aliphatic rings. The summed E-state index contributed by atoms with van der Waals surface area (Å²) in [6.45, 7) is -0.702. The summed E-state index contributed by atoms with van der Waals surface area (Å²) in [6.07, 6.45) is -2.55. The van der Waals surface area contributed by atoms with Crippen LogP contribution < -0.4 is 28.0 Å². The monoisotopic (exact) mass is 611 g/mol. The standard InChI is InChI=1S/C15H28N5O15P3/c16-5-2-1-3-8(17)13(23)19-11-12(22)9(33-14(11)20-6-4-10(21)18-15(20)24)7-32-37(28,29)35-38(30,31)34-36(25,26)27/h4,6,8-9,11-12,14,22H,1-3,5,7,16-17H2,(H,19,23)(H,28,29)(H,30,31)(H,18,21,24)(H2,25,26,27)/t8?,9-,11-,12-,14-/m1/s1. The maximum atomic E-state index is 12.6. The molecule has 23 heteroatoms. The topological polar surface area (TPSA) is 325 Å².